The predicted octanol–water partition coefficient (Wildman–Crippen LogP) is 14.6. The summed E-state index contributed by atoms with van der Waals surface area (Å²) in [7, 11) is 1.64. The van der Waals surface area contributed by atoms with Gasteiger partial charge in [-0.05, 0) is 87.9 Å². The Bertz CT molecular complexity index is 4420. The maximum atomic E-state index is 12.6. The number of nitrogens with zero attached hydrogens (tertiary/aromatic N) is 5. The molecule has 0 spiro atoms. The van der Waals surface area contributed by atoms with Gasteiger partial charge in [0.05, 0.1) is 84.6 Å². The van der Waals surface area contributed by atoms with E-state index in [9.17, 15) is 28.8 Å². The van der Waals surface area contributed by atoms with Crippen molar-refractivity contribution < 1.29 is 47.5 Å². The number of carbonyl (C=O) groups is 3. The molecule has 6 aromatic heterocycles. The molecule has 89 heavy (non-hydrogen) atoms. The Hall–Kier alpha value is -7.60. The van der Waals surface area contributed by atoms with Gasteiger partial charge in [0, 0.05) is 97.2 Å². The maximum Gasteiger partial charge on any atom is 0.220 e. The van der Waals surface area contributed by atoms with E-state index >= 15 is 0 Å². The Morgan fingerprint density at radius 1 is 0.573 bits per heavy atom. The summed E-state index contributed by atoms with van der Waals surface area (Å²) in [5.74, 6) is 3.51. The number of hydrogen-bond donors (Lipinski definition) is 0. The molecule has 18 nitrogen and oxygen atoms in total. The van der Waals surface area contributed by atoms with E-state index in [4.69, 9.17) is 79.6 Å². The summed E-state index contributed by atoms with van der Waals surface area (Å²) in [6.07, 6.45) is 8.26. The number of fused-ring (bicyclic) bond motifs is 9. The monoisotopic (exact) mass is 1340 g/mol. The lowest BCUT2D eigenvalue weighted by molar-refractivity contribution is 0.100. The smallest absolute Gasteiger partial charge is 0.220 e. The third-order valence-electron chi connectivity index (χ3n) is 15.1. The number of Topliss-reactive ketones (excluding diaryl/α,β-unsaturated/α-hetero) is 3. The molecule has 3 aliphatic heterocycles. The lowest BCUT2D eigenvalue weighted by Crippen LogP contribution is -2.27. The van der Waals surface area contributed by atoms with Gasteiger partial charge >= 0.3 is 0 Å². The van der Waals surface area contributed by atoms with Crippen LogP contribution in [0.4, 0.5) is 0 Å². The minimum Gasteiger partial charge on any atom is -0.492 e. The summed E-state index contributed by atoms with van der Waals surface area (Å²) in [6, 6.07) is 18.7. The van der Waals surface area contributed by atoms with Gasteiger partial charge in [0.2, 0.25) is 18.7 Å². The normalized spacial score (nSPS) is 16.3. The third-order valence-corrected chi connectivity index (χ3v) is 18.8. The standard InChI is InChI=1S/C22H20ClNO5S.C21H16Cl2N2O4S.C21H17ClN2O4S/c1-13(25)15-12-24-17(10-18(15)26)14-9-16(23)20(28-7-4-6-27-2)11-19(14)29-22(24)21-5-3-8-30-21;1-10(26)13-7-25-15(5-16(13)27)12-4-14(22)18(28-8-11-2-3-11)6-17(12)29-21(25)19-20(23)24-9-30-19;1-11(25)14-7-24-17(5-18(14)26)13-4-15(22)20(27-8-12-2-3-12)6-19(13)28-21(24)16-9-29-10-23-16/h3,5,8-12,22H,4,6-7H2,1-2H3;4-7,9,11,21H,2-3,8H2,1H3;4-7,9-10,12,21H,2-3,8H2,1H3. The number of rotatable bonds is 17. The van der Waals surface area contributed by atoms with Crippen LogP contribution >= 0.6 is 80.4 Å². The molecule has 14 rings (SSSR count). The second-order valence-electron chi connectivity index (χ2n) is 21.6. The Morgan fingerprint density at radius 2 is 1.03 bits per heavy atom. The van der Waals surface area contributed by atoms with Gasteiger partial charge in [0.1, 0.15) is 50.2 Å². The summed E-state index contributed by atoms with van der Waals surface area (Å²) in [5.41, 5.74) is 7.13. The fourth-order valence-corrected chi connectivity index (χ4v) is 13.2. The maximum absolute atomic E-state index is 12.6. The molecule has 2 aliphatic carbocycles. The van der Waals surface area contributed by atoms with E-state index in [1.165, 1.54) is 105 Å². The van der Waals surface area contributed by atoms with Crippen LogP contribution in [-0.2, 0) is 4.74 Å². The molecule has 2 saturated carbocycles. The van der Waals surface area contributed by atoms with E-state index in [1.807, 2.05) is 27.5 Å². The average molecular weight is 1340 g/mol. The topological polar surface area (TPSA) is 208 Å². The summed E-state index contributed by atoms with van der Waals surface area (Å²) < 4.78 is 46.7. The second kappa shape index (κ2) is 26.1. The zero-order valence-electron chi connectivity index (χ0n) is 47.9. The van der Waals surface area contributed by atoms with E-state index in [0.717, 1.165) is 11.3 Å². The first kappa shape index (κ1) is 61.6. The Kier molecular flexibility index (Phi) is 18.1. The summed E-state index contributed by atoms with van der Waals surface area (Å²) in [4.78, 5) is 83.5. The van der Waals surface area contributed by atoms with Gasteiger partial charge < -0.3 is 46.9 Å². The van der Waals surface area contributed by atoms with E-state index in [1.54, 1.807) is 76.1 Å². The number of thiophene rings is 1. The fourth-order valence-electron chi connectivity index (χ4n) is 10.2. The zero-order chi connectivity index (χ0) is 62.4. The molecule has 3 unspecified atom stereocenters. The molecule has 0 radical (unpaired) electrons. The number of thiazole rings is 2. The largest absolute Gasteiger partial charge is 0.492 e. The van der Waals surface area contributed by atoms with E-state index < -0.39 is 18.7 Å². The Labute approximate surface area is 540 Å². The van der Waals surface area contributed by atoms with Gasteiger partial charge in [-0.2, -0.15) is 0 Å². The van der Waals surface area contributed by atoms with Crippen molar-refractivity contribution in [2.45, 2.75) is 71.6 Å². The average Bonchev–Trinajstić information content (AvgIpc) is 1.43. The summed E-state index contributed by atoms with van der Waals surface area (Å²) in [6.45, 7) is 6.40. The van der Waals surface area contributed by atoms with Crippen LogP contribution in [-0.4, -0.2) is 74.6 Å². The van der Waals surface area contributed by atoms with E-state index in [-0.39, 0.29) is 50.3 Å². The van der Waals surface area contributed by atoms with Gasteiger partial charge in [-0.25, -0.2) is 9.97 Å². The van der Waals surface area contributed by atoms with Gasteiger partial charge in [0.25, 0.3) is 0 Å². The van der Waals surface area contributed by atoms with Crippen molar-refractivity contribution >= 4 is 97.8 Å². The van der Waals surface area contributed by atoms with Gasteiger partial charge in [-0.1, -0.05) is 52.5 Å². The molecule has 0 amide bonds. The SMILES string of the molecule is CC(=O)c1cn2c(cc1=O)-c1cc(Cl)c(OCC3CC3)cc1OC2c1cscn1.CC(=O)c1cn2c(cc1=O)-c1cc(Cl)c(OCC3CC3)cc1OC2c1scnc1Cl.COCCCOc1cc2c(cc1Cl)-c1cc(=O)c(C(C)=O)cn1C(c1cccs1)O2. The second-order valence-corrected chi connectivity index (χ2v) is 25.8. The number of methoxy groups -OCH3 is 1. The Balaban J connectivity index is 0.000000130. The van der Waals surface area contributed by atoms with E-state index in [2.05, 4.69) is 9.97 Å². The van der Waals surface area contributed by atoms with Crippen LogP contribution in [0.5, 0.6) is 34.5 Å². The number of ketones is 3. The van der Waals surface area contributed by atoms with Gasteiger partial charge in [-0.3, -0.25) is 28.8 Å². The van der Waals surface area contributed by atoms with Crippen molar-refractivity contribution in [3.8, 4) is 68.3 Å². The molecule has 3 atom stereocenters. The first-order chi connectivity index (χ1) is 42.9. The van der Waals surface area contributed by atoms with Crippen molar-refractivity contribution in [1.29, 1.82) is 0 Å². The van der Waals surface area contributed by atoms with Crippen LogP contribution in [0.15, 0.2) is 121 Å². The van der Waals surface area contributed by atoms with Crippen LogP contribution in [0.25, 0.3) is 33.8 Å². The van der Waals surface area contributed by atoms with Crippen molar-refractivity contribution in [2.24, 2.45) is 11.8 Å². The molecule has 9 heterocycles. The van der Waals surface area contributed by atoms with Crippen LogP contribution in [0, 0.1) is 11.8 Å². The molecule has 0 saturated heterocycles. The zero-order valence-corrected chi connectivity index (χ0v) is 53.4. The highest BCUT2D eigenvalue weighted by atomic mass is 35.5. The highest BCUT2D eigenvalue weighted by molar-refractivity contribution is 7.10. The first-order valence-electron chi connectivity index (χ1n) is 28.1. The number of carbonyl (C=O) groups excluding carboxylic acids is 3. The minimum atomic E-state index is -0.677. The van der Waals surface area contributed by atoms with Crippen molar-refractivity contribution in [3.63, 3.8) is 0 Å². The fraction of sp³-hybridized carbons (Fsp3) is 0.281. The Morgan fingerprint density at radius 3 is 1.45 bits per heavy atom. The van der Waals surface area contributed by atoms with Crippen LogP contribution < -0.4 is 44.7 Å². The van der Waals surface area contributed by atoms with E-state index in [0.29, 0.717) is 137 Å². The van der Waals surface area contributed by atoms with Crippen molar-refractivity contribution in [1.82, 2.24) is 23.7 Å². The molecule has 9 aromatic rings. The summed E-state index contributed by atoms with van der Waals surface area (Å²) >= 11 is 30.0. The molecule has 0 bridgehead atoms. The van der Waals surface area contributed by atoms with Crippen molar-refractivity contribution in [2.75, 3.05) is 33.5 Å². The highest BCUT2D eigenvalue weighted by Crippen LogP contribution is 2.49. The number of ether oxygens (including phenoxy) is 7. The van der Waals surface area contributed by atoms with Crippen LogP contribution in [0.1, 0.15) is 118 Å². The predicted molar refractivity (Wildman–Crippen MR) is 342 cm³/mol. The third kappa shape index (κ3) is 13.1. The molecule has 25 heteroatoms. The quantitative estimate of drug-likeness (QED) is 0.0613. The molecular formula is C64H53Cl4N5O13S3. The number of hydrogen-bond acceptors (Lipinski definition) is 18. The molecule has 5 aliphatic rings. The van der Waals surface area contributed by atoms with Gasteiger partial charge in [-0.15, -0.1) is 34.0 Å². The number of pyridine rings is 3. The number of benzene rings is 3. The van der Waals surface area contributed by atoms with Crippen molar-refractivity contribution in [3.05, 3.63) is 190 Å². The number of halogens is 4. The number of aromatic nitrogens is 5. The molecule has 0 N–H and O–H groups in total. The lowest BCUT2D eigenvalue weighted by atomic mass is 10.0. The minimum absolute atomic E-state index is 0.0759. The highest BCUT2D eigenvalue weighted by Gasteiger charge is 2.35. The first-order valence-corrected chi connectivity index (χ1v) is 32.3. The molecule has 458 valence electrons. The van der Waals surface area contributed by atoms with Crippen LogP contribution in [0.3, 0.4) is 0 Å². The van der Waals surface area contributed by atoms with Crippen LogP contribution in [0.2, 0.25) is 20.2 Å². The molecular weight excluding hydrogens is 1280 g/mol. The molecule has 2 fully saturated rings. The lowest BCUT2D eigenvalue weighted by Gasteiger charge is -2.31. The molecule has 3 aromatic carbocycles. The van der Waals surface area contributed by atoms with Gasteiger partial charge in [0.15, 0.2) is 33.6 Å². The summed E-state index contributed by atoms with van der Waals surface area (Å²) in [5, 5.41) is 5.44.